The van der Waals surface area contributed by atoms with Crippen molar-refractivity contribution in [1.29, 1.82) is 0 Å². The van der Waals surface area contributed by atoms with Crippen LogP contribution in [0.5, 0.6) is 0 Å². The van der Waals surface area contributed by atoms with Crippen molar-refractivity contribution in [2.75, 3.05) is 4.90 Å². The summed E-state index contributed by atoms with van der Waals surface area (Å²) in [6.45, 7) is 0. The monoisotopic (exact) mass is 905 g/mol. The van der Waals surface area contributed by atoms with Crippen molar-refractivity contribution < 1.29 is 13.3 Å². The predicted molar refractivity (Wildman–Crippen MR) is 274 cm³/mol. The molecule has 0 N–H and O–H groups in total. The Kier molecular flexibility index (Phi) is 11.0. The Labute approximate surface area is 402 Å². The number of nitrogens with zero attached hydrogens (tertiary/aromatic N) is 7. The fraction of sp³-hybridized carbons (Fsp3) is 0. The normalized spacial score (nSPS) is 11.1. The smallest absolute Gasteiger partial charge is 0.248 e. The minimum absolute atomic E-state index is 0.477. The van der Waals surface area contributed by atoms with Gasteiger partial charge in [-0.2, -0.15) is 0 Å². The van der Waals surface area contributed by atoms with Crippen LogP contribution in [0, 0.1) is 0 Å². The summed E-state index contributed by atoms with van der Waals surface area (Å²) in [4.78, 5) is 2.27. The molecule has 0 fully saturated rings. The van der Waals surface area contributed by atoms with Gasteiger partial charge in [0.2, 0.25) is 35.3 Å². The fourth-order valence-electron chi connectivity index (χ4n) is 8.38. The zero-order valence-electron chi connectivity index (χ0n) is 37.4. The van der Waals surface area contributed by atoms with Crippen LogP contribution in [0.15, 0.2) is 250 Å². The average Bonchev–Trinajstić information content (AvgIpc) is 4.26. The minimum Gasteiger partial charge on any atom is -0.416 e. The van der Waals surface area contributed by atoms with Crippen molar-refractivity contribution in [2.45, 2.75) is 0 Å². The second-order valence-corrected chi connectivity index (χ2v) is 16.5. The lowest BCUT2D eigenvalue weighted by molar-refractivity contribution is 0.584. The quantitative estimate of drug-likeness (QED) is 0.117. The van der Waals surface area contributed by atoms with E-state index in [9.17, 15) is 0 Å². The molecular formula is C60H39N7O3. The van der Waals surface area contributed by atoms with Crippen molar-refractivity contribution in [3.8, 4) is 102 Å². The molecule has 0 aliphatic rings. The van der Waals surface area contributed by atoms with Gasteiger partial charge in [0, 0.05) is 50.4 Å². The first-order valence-corrected chi connectivity index (χ1v) is 22.7. The zero-order chi connectivity index (χ0) is 46.6. The van der Waals surface area contributed by atoms with Crippen LogP contribution in [-0.2, 0) is 0 Å². The van der Waals surface area contributed by atoms with Crippen LogP contribution in [0.2, 0.25) is 0 Å². The molecule has 0 bridgehead atoms. The standard InChI is InChI=1S/C60H39N7O3/c1-4-10-46(11-5-1)55-61-64-58(68-55)49-22-16-40(17-23-49)43-28-34-52(35-29-43)67(53-36-30-44(31-37-53)41-18-24-50(25-19-41)59-65-62-56(69-59)47-12-6-2-7-13-47)54-38-32-45(33-39-54)42-20-26-51(27-21-42)60-66-63-57(70-60)48-14-8-3-9-15-48/h1-39H. The Morgan fingerprint density at radius 1 is 0.186 bits per heavy atom. The van der Waals surface area contributed by atoms with E-state index in [1.54, 1.807) is 0 Å². The highest BCUT2D eigenvalue weighted by Crippen LogP contribution is 2.39. The summed E-state index contributed by atoms with van der Waals surface area (Å²) in [7, 11) is 0. The van der Waals surface area contributed by atoms with Gasteiger partial charge >= 0.3 is 0 Å². The Hall–Kier alpha value is -9.80. The molecule has 0 aliphatic carbocycles. The Bertz CT molecular complexity index is 3260. The molecule has 3 heterocycles. The molecule has 0 saturated heterocycles. The molecule has 0 unspecified atom stereocenters. The number of anilines is 3. The molecule has 0 aliphatic heterocycles. The number of hydrogen-bond acceptors (Lipinski definition) is 10. The summed E-state index contributed by atoms with van der Waals surface area (Å²) in [6.07, 6.45) is 0. The number of benzene rings is 9. The summed E-state index contributed by atoms with van der Waals surface area (Å²) < 4.78 is 18.1. The molecule has 0 radical (unpaired) electrons. The van der Waals surface area contributed by atoms with Gasteiger partial charge in [-0.1, -0.05) is 127 Å². The van der Waals surface area contributed by atoms with Gasteiger partial charge in [0.05, 0.1) is 0 Å². The van der Waals surface area contributed by atoms with Gasteiger partial charge in [0.1, 0.15) is 0 Å². The molecule has 0 amide bonds. The maximum Gasteiger partial charge on any atom is 0.248 e. The van der Waals surface area contributed by atoms with Crippen LogP contribution >= 0.6 is 0 Å². The molecule has 0 atom stereocenters. The SMILES string of the molecule is c1ccc(-c2nnc(-c3ccc(-c4ccc(N(c5ccc(-c6ccc(-c7nnc(-c8ccccc8)o7)cc6)cc5)c5ccc(-c6ccc(-c7nnc(-c8ccccc8)o7)cc6)cc5)cc4)cc3)o2)cc1. The Morgan fingerprint density at radius 2 is 0.357 bits per heavy atom. The summed E-state index contributed by atoms with van der Waals surface area (Å²) >= 11 is 0. The molecule has 70 heavy (non-hydrogen) atoms. The maximum atomic E-state index is 6.02. The molecule has 12 aromatic rings. The first-order chi connectivity index (χ1) is 34.6. The Balaban J connectivity index is 0.810. The van der Waals surface area contributed by atoms with Crippen LogP contribution in [0.1, 0.15) is 0 Å². The van der Waals surface area contributed by atoms with Gasteiger partial charge in [-0.05, 0) is 143 Å². The number of hydrogen-bond donors (Lipinski definition) is 0. The van der Waals surface area contributed by atoms with Crippen molar-refractivity contribution >= 4 is 17.1 Å². The molecule has 332 valence electrons. The van der Waals surface area contributed by atoms with E-state index in [4.69, 9.17) is 13.3 Å². The molecular weight excluding hydrogens is 867 g/mol. The number of rotatable bonds is 12. The fourth-order valence-corrected chi connectivity index (χ4v) is 8.38. The van der Waals surface area contributed by atoms with E-state index in [0.717, 1.165) is 83.8 Å². The molecule has 9 aromatic carbocycles. The third-order valence-corrected chi connectivity index (χ3v) is 12.1. The largest absolute Gasteiger partial charge is 0.416 e. The first-order valence-electron chi connectivity index (χ1n) is 22.7. The van der Waals surface area contributed by atoms with E-state index in [1.165, 1.54) is 0 Å². The van der Waals surface area contributed by atoms with Crippen molar-refractivity contribution in [2.24, 2.45) is 0 Å². The van der Waals surface area contributed by atoms with E-state index < -0.39 is 0 Å². The summed E-state index contributed by atoms with van der Waals surface area (Å²) in [5, 5.41) is 25.7. The third-order valence-electron chi connectivity index (χ3n) is 12.1. The summed E-state index contributed by atoms with van der Waals surface area (Å²) in [5.41, 5.74) is 14.7. The molecule has 10 heteroatoms. The second kappa shape index (κ2) is 18.5. The summed E-state index contributed by atoms with van der Waals surface area (Å²) in [6, 6.07) is 79.8. The highest BCUT2D eigenvalue weighted by molar-refractivity contribution is 5.82. The molecule has 0 spiro atoms. The van der Waals surface area contributed by atoms with Crippen LogP contribution in [0.4, 0.5) is 17.1 Å². The number of aromatic nitrogens is 6. The van der Waals surface area contributed by atoms with E-state index in [1.807, 2.05) is 127 Å². The van der Waals surface area contributed by atoms with Crippen molar-refractivity contribution in [3.63, 3.8) is 0 Å². The molecule has 10 nitrogen and oxygen atoms in total. The molecule has 0 saturated carbocycles. The summed E-state index contributed by atoms with van der Waals surface area (Å²) in [5.74, 6) is 2.91. The molecule has 12 rings (SSSR count). The van der Waals surface area contributed by atoms with Crippen LogP contribution in [0.3, 0.4) is 0 Å². The zero-order valence-corrected chi connectivity index (χ0v) is 37.4. The average molecular weight is 906 g/mol. The topological polar surface area (TPSA) is 120 Å². The lowest BCUT2D eigenvalue weighted by atomic mass is 10.0. The third kappa shape index (κ3) is 8.55. The maximum absolute atomic E-state index is 6.02. The van der Waals surface area contributed by atoms with Gasteiger partial charge in [-0.25, -0.2) is 0 Å². The minimum atomic E-state index is 0.477. The first kappa shape index (κ1) is 41.6. The van der Waals surface area contributed by atoms with Crippen LogP contribution in [0.25, 0.3) is 102 Å². The van der Waals surface area contributed by atoms with Crippen molar-refractivity contribution in [3.05, 3.63) is 237 Å². The second-order valence-electron chi connectivity index (χ2n) is 16.5. The lowest BCUT2D eigenvalue weighted by Gasteiger charge is -2.26. The van der Waals surface area contributed by atoms with Gasteiger partial charge in [-0.15, -0.1) is 30.6 Å². The van der Waals surface area contributed by atoms with Crippen LogP contribution < -0.4 is 4.90 Å². The molecule has 3 aromatic heterocycles. The van der Waals surface area contributed by atoms with Gasteiger partial charge in [0.15, 0.2) is 0 Å². The Morgan fingerprint density at radius 3 is 0.571 bits per heavy atom. The van der Waals surface area contributed by atoms with Gasteiger partial charge in [0.25, 0.3) is 0 Å². The highest BCUT2D eigenvalue weighted by Gasteiger charge is 2.17. The predicted octanol–water partition coefficient (Wildman–Crippen LogP) is 15.3. The van der Waals surface area contributed by atoms with Gasteiger partial charge in [-0.3, -0.25) is 0 Å². The van der Waals surface area contributed by atoms with Crippen LogP contribution in [-0.4, -0.2) is 30.6 Å². The van der Waals surface area contributed by atoms with E-state index >= 15 is 0 Å². The van der Waals surface area contributed by atoms with E-state index in [-0.39, 0.29) is 0 Å². The van der Waals surface area contributed by atoms with Gasteiger partial charge < -0.3 is 18.2 Å². The van der Waals surface area contributed by atoms with E-state index in [0.29, 0.717) is 35.3 Å². The highest BCUT2D eigenvalue weighted by atomic mass is 16.4. The van der Waals surface area contributed by atoms with E-state index in [2.05, 4.69) is 145 Å². The lowest BCUT2D eigenvalue weighted by Crippen LogP contribution is -2.09. The van der Waals surface area contributed by atoms with Crippen molar-refractivity contribution in [1.82, 2.24) is 30.6 Å².